The highest BCUT2D eigenvalue weighted by Crippen LogP contribution is 2.21. The second-order valence-electron chi connectivity index (χ2n) is 3.23. The third-order valence-electron chi connectivity index (χ3n) is 2.04. The molecule has 2 aromatic heterocycles. The molecule has 7 nitrogen and oxygen atoms in total. The van der Waals surface area contributed by atoms with Crippen molar-refractivity contribution in [3.63, 3.8) is 0 Å². The van der Waals surface area contributed by atoms with Crippen LogP contribution in [-0.4, -0.2) is 35.8 Å². The van der Waals surface area contributed by atoms with Crippen molar-refractivity contribution in [1.29, 1.82) is 0 Å². The molecule has 0 unspecified atom stereocenters. The maximum absolute atomic E-state index is 10.8. The van der Waals surface area contributed by atoms with Crippen LogP contribution in [0.4, 0.5) is 0 Å². The van der Waals surface area contributed by atoms with Gasteiger partial charge in [0.05, 0.1) is 11.3 Å². The summed E-state index contributed by atoms with van der Waals surface area (Å²) < 4.78 is 1.59. The van der Waals surface area contributed by atoms with Crippen LogP contribution in [0.1, 0.15) is 16.1 Å². The SMILES string of the molecule is Cc1nc(Sc2ncnn2C)ncc1C(=O)O. The summed E-state index contributed by atoms with van der Waals surface area (Å²) in [4.78, 5) is 22.9. The average molecular weight is 251 g/mol. The predicted molar refractivity (Wildman–Crippen MR) is 58.9 cm³/mol. The number of carbonyl (C=O) groups is 1. The Labute approximate surface area is 101 Å². The van der Waals surface area contributed by atoms with E-state index in [4.69, 9.17) is 5.11 Å². The van der Waals surface area contributed by atoms with E-state index >= 15 is 0 Å². The smallest absolute Gasteiger partial charge is 0.339 e. The van der Waals surface area contributed by atoms with E-state index in [1.165, 1.54) is 24.3 Å². The van der Waals surface area contributed by atoms with E-state index < -0.39 is 5.97 Å². The molecule has 0 saturated heterocycles. The lowest BCUT2D eigenvalue weighted by molar-refractivity contribution is 0.0695. The Kier molecular flexibility index (Phi) is 3.05. The number of aromatic nitrogens is 5. The van der Waals surface area contributed by atoms with Crippen molar-refractivity contribution in [3.8, 4) is 0 Å². The topological polar surface area (TPSA) is 93.8 Å². The molecular formula is C9H9N5O2S. The number of rotatable bonds is 3. The number of nitrogens with zero attached hydrogens (tertiary/aromatic N) is 5. The van der Waals surface area contributed by atoms with Crippen molar-refractivity contribution >= 4 is 17.7 Å². The second-order valence-corrected chi connectivity index (χ2v) is 4.16. The third kappa shape index (κ3) is 2.41. The number of aromatic carboxylic acids is 1. The first-order valence-corrected chi connectivity index (χ1v) is 5.48. The molecular weight excluding hydrogens is 242 g/mol. The number of aryl methyl sites for hydroxylation is 2. The van der Waals surface area contributed by atoms with Gasteiger partial charge >= 0.3 is 5.97 Å². The van der Waals surface area contributed by atoms with E-state index in [1.807, 2.05) is 0 Å². The lowest BCUT2D eigenvalue weighted by Gasteiger charge is -2.02. The molecule has 0 aliphatic rings. The predicted octanol–water partition coefficient (Wildman–Crippen LogP) is 0.763. The van der Waals surface area contributed by atoms with Gasteiger partial charge in [-0.05, 0) is 18.7 Å². The summed E-state index contributed by atoms with van der Waals surface area (Å²) in [6, 6.07) is 0. The van der Waals surface area contributed by atoms with E-state index in [2.05, 4.69) is 20.1 Å². The molecule has 2 aromatic rings. The highest BCUT2D eigenvalue weighted by molar-refractivity contribution is 7.99. The summed E-state index contributed by atoms with van der Waals surface area (Å²) in [5, 5.41) is 13.9. The Bertz CT molecular complexity index is 568. The Hall–Kier alpha value is -1.96. The van der Waals surface area contributed by atoms with Crippen LogP contribution in [0.25, 0.3) is 0 Å². The molecule has 88 valence electrons. The molecule has 2 rings (SSSR count). The summed E-state index contributed by atoms with van der Waals surface area (Å²) in [7, 11) is 1.76. The number of carboxylic acids is 1. The van der Waals surface area contributed by atoms with E-state index in [0.29, 0.717) is 16.0 Å². The monoisotopic (exact) mass is 251 g/mol. The second kappa shape index (κ2) is 4.50. The molecule has 0 spiro atoms. The minimum atomic E-state index is -1.03. The van der Waals surface area contributed by atoms with Gasteiger partial charge in [0.1, 0.15) is 6.33 Å². The molecule has 8 heteroatoms. The zero-order valence-electron chi connectivity index (χ0n) is 9.15. The summed E-state index contributed by atoms with van der Waals surface area (Å²) in [6.45, 7) is 1.63. The van der Waals surface area contributed by atoms with Crippen molar-refractivity contribution < 1.29 is 9.90 Å². The van der Waals surface area contributed by atoms with Gasteiger partial charge in [0, 0.05) is 13.2 Å². The van der Waals surface area contributed by atoms with Crippen LogP contribution in [0, 0.1) is 6.92 Å². The first-order chi connectivity index (χ1) is 8.08. The molecule has 0 aliphatic heterocycles. The highest BCUT2D eigenvalue weighted by atomic mass is 32.2. The van der Waals surface area contributed by atoms with E-state index in [0.717, 1.165) is 0 Å². The van der Waals surface area contributed by atoms with Gasteiger partial charge < -0.3 is 5.11 Å². The first-order valence-electron chi connectivity index (χ1n) is 4.66. The van der Waals surface area contributed by atoms with Gasteiger partial charge in [-0.3, -0.25) is 0 Å². The normalized spacial score (nSPS) is 10.5. The van der Waals surface area contributed by atoms with Crippen molar-refractivity contribution in [2.75, 3.05) is 0 Å². The standard InChI is InChI=1S/C9H9N5O2S/c1-5-6(7(15)16)3-10-8(13-5)17-9-11-4-12-14(9)2/h3-4H,1-2H3,(H,15,16). The zero-order valence-corrected chi connectivity index (χ0v) is 9.97. The van der Waals surface area contributed by atoms with Crippen LogP contribution in [-0.2, 0) is 7.05 Å². The Morgan fingerprint density at radius 1 is 1.47 bits per heavy atom. The molecule has 0 amide bonds. The molecule has 2 heterocycles. The third-order valence-corrected chi connectivity index (χ3v) is 2.97. The van der Waals surface area contributed by atoms with Gasteiger partial charge in [-0.15, -0.1) is 0 Å². The lowest BCUT2D eigenvalue weighted by atomic mass is 10.2. The van der Waals surface area contributed by atoms with Gasteiger partial charge in [0.2, 0.25) is 0 Å². The van der Waals surface area contributed by atoms with Crippen molar-refractivity contribution in [2.24, 2.45) is 7.05 Å². The molecule has 0 aliphatic carbocycles. The quantitative estimate of drug-likeness (QED) is 0.805. The summed E-state index contributed by atoms with van der Waals surface area (Å²) in [5.74, 6) is -1.03. The highest BCUT2D eigenvalue weighted by Gasteiger charge is 2.12. The van der Waals surface area contributed by atoms with Crippen LogP contribution in [0.2, 0.25) is 0 Å². The minimum Gasteiger partial charge on any atom is -0.478 e. The largest absolute Gasteiger partial charge is 0.478 e. The minimum absolute atomic E-state index is 0.104. The molecule has 0 atom stereocenters. The fourth-order valence-electron chi connectivity index (χ4n) is 1.16. The molecule has 0 bridgehead atoms. The van der Waals surface area contributed by atoms with Gasteiger partial charge in [-0.2, -0.15) is 5.10 Å². The summed E-state index contributed by atoms with van der Waals surface area (Å²) in [6.07, 6.45) is 2.73. The fourth-order valence-corrected chi connectivity index (χ4v) is 1.89. The van der Waals surface area contributed by atoms with Gasteiger partial charge in [-0.1, -0.05) is 0 Å². The van der Waals surface area contributed by atoms with Crippen LogP contribution >= 0.6 is 11.8 Å². The Balaban J connectivity index is 2.27. The van der Waals surface area contributed by atoms with Crippen molar-refractivity contribution in [2.45, 2.75) is 17.2 Å². The van der Waals surface area contributed by atoms with Gasteiger partial charge in [0.25, 0.3) is 0 Å². The maximum Gasteiger partial charge on any atom is 0.339 e. The number of hydrogen-bond acceptors (Lipinski definition) is 6. The first kappa shape index (κ1) is 11.5. The van der Waals surface area contributed by atoms with E-state index in [-0.39, 0.29) is 5.56 Å². The van der Waals surface area contributed by atoms with Gasteiger partial charge in [-0.25, -0.2) is 24.4 Å². The fraction of sp³-hybridized carbons (Fsp3) is 0.222. The zero-order chi connectivity index (χ0) is 12.4. The lowest BCUT2D eigenvalue weighted by Crippen LogP contribution is -2.04. The molecule has 0 saturated carbocycles. The van der Waals surface area contributed by atoms with Crippen molar-refractivity contribution in [3.05, 3.63) is 23.8 Å². The molecule has 0 radical (unpaired) electrons. The summed E-state index contributed by atoms with van der Waals surface area (Å²) in [5.41, 5.74) is 0.532. The number of hydrogen-bond donors (Lipinski definition) is 1. The van der Waals surface area contributed by atoms with Crippen LogP contribution in [0.15, 0.2) is 22.8 Å². The van der Waals surface area contributed by atoms with Gasteiger partial charge in [0.15, 0.2) is 10.3 Å². The average Bonchev–Trinajstić information content (AvgIpc) is 2.64. The summed E-state index contributed by atoms with van der Waals surface area (Å²) >= 11 is 1.23. The van der Waals surface area contributed by atoms with E-state index in [1.54, 1.807) is 18.7 Å². The number of carboxylic acid groups (broad SMARTS) is 1. The molecule has 1 N–H and O–H groups in total. The van der Waals surface area contributed by atoms with Crippen LogP contribution in [0.3, 0.4) is 0 Å². The maximum atomic E-state index is 10.8. The molecule has 17 heavy (non-hydrogen) atoms. The molecule has 0 fully saturated rings. The Morgan fingerprint density at radius 2 is 2.24 bits per heavy atom. The van der Waals surface area contributed by atoms with Crippen LogP contribution < -0.4 is 0 Å². The van der Waals surface area contributed by atoms with Crippen molar-refractivity contribution in [1.82, 2.24) is 24.7 Å². The van der Waals surface area contributed by atoms with E-state index in [9.17, 15) is 4.79 Å². The Morgan fingerprint density at radius 3 is 2.76 bits per heavy atom. The molecule has 0 aromatic carbocycles. The van der Waals surface area contributed by atoms with Crippen LogP contribution in [0.5, 0.6) is 0 Å².